The van der Waals surface area contributed by atoms with Gasteiger partial charge < -0.3 is 16.6 Å². The molecule has 0 saturated heterocycles. The van der Waals surface area contributed by atoms with Gasteiger partial charge in [-0.05, 0) is 32.4 Å². The number of urea groups is 1. The van der Waals surface area contributed by atoms with Crippen LogP contribution in [-0.2, 0) is 16.6 Å². The third kappa shape index (κ3) is 5.78. The van der Waals surface area contributed by atoms with Crippen molar-refractivity contribution in [2.45, 2.75) is 30.6 Å². The molecule has 0 spiro atoms. The first-order chi connectivity index (χ1) is 7.55. The number of nitrogens with two attached hydrogens (primary N) is 3. The van der Waals surface area contributed by atoms with Gasteiger partial charge in [-0.2, -0.15) is 0 Å². The summed E-state index contributed by atoms with van der Waals surface area (Å²) in [6, 6.07) is 0.925. The van der Waals surface area contributed by atoms with Crippen LogP contribution in [0.15, 0.2) is 10.3 Å². The van der Waals surface area contributed by atoms with Gasteiger partial charge in [-0.3, -0.25) is 0 Å². The minimum Gasteiger partial charge on any atom is -0.385 e. The van der Waals surface area contributed by atoms with Gasteiger partial charge in [0.1, 0.15) is 15.2 Å². The first kappa shape index (κ1) is 16.0. The summed E-state index contributed by atoms with van der Waals surface area (Å²) < 4.78 is 11.6. The van der Waals surface area contributed by atoms with Crippen molar-refractivity contribution in [3.8, 4) is 0 Å². The molecule has 0 saturated carbocycles. The van der Waals surface area contributed by atoms with Crippen molar-refractivity contribution < 1.29 is 14.1 Å². The van der Waals surface area contributed by atoms with Crippen LogP contribution in [0.2, 0.25) is 0 Å². The molecule has 6 nitrogen and oxygen atoms in total. The van der Waals surface area contributed by atoms with Crippen LogP contribution in [0.5, 0.6) is 0 Å². The van der Waals surface area contributed by atoms with Crippen molar-refractivity contribution in [2.75, 3.05) is 0 Å². The van der Waals surface area contributed by atoms with Crippen molar-refractivity contribution in [2.24, 2.45) is 16.6 Å². The van der Waals surface area contributed by atoms with Crippen LogP contribution in [-0.4, -0.2) is 15.3 Å². The highest BCUT2D eigenvalue weighted by Crippen LogP contribution is 2.32. The Morgan fingerprint density at radius 2 is 1.88 bits per heavy atom. The maximum Gasteiger partial charge on any atom is 0.309 e. The first-order valence-corrected chi connectivity index (χ1v) is 6.63. The fourth-order valence-electron chi connectivity index (χ4n) is 1.16. The zero-order chi connectivity index (χ0) is 13.8. The molecule has 1 atom stereocenters. The SMILES string of the molecule is Cc1cc(S(N)=O)sc1C(C)(C)O.NC(N)=O. The lowest BCUT2D eigenvalue weighted by Gasteiger charge is -2.15. The number of carbonyl (C=O) groups is 1. The minimum absolute atomic E-state index is 0.606. The van der Waals surface area contributed by atoms with E-state index in [0.717, 1.165) is 10.4 Å². The third-order valence-electron chi connectivity index (χ3n) is 1.65. The van der Waals surface area contributed by atoms with Gasteiger partial charge in [0, 0.05) is 4.88 Å². The number of thiophene rings is 1. The molecule has 0 aliphatic carbocycles. The summed E-state index contributed by atoms with van der Waals surface area (Å²) in [6.07, 6.45) is 0. The zero-order valence-corrected chi connectivity index (χ0v) is 11.5. The fraction of sp³-hybridized carbons (Fsp3) is 0.444. The molecule has 1 heterocycles. The summed E-state index contributed by atoms with van der Waals surface area (Å²) >= 11 is 1.30. The minimum atomic E-state index is -1.45. The van der Waals surface area contributed by atoms with Crippen LogP contribution < -0.4 is 16.6 Å². The van der Waals surface area contributed by atoms with Gasteiger partial charge >= 0.3 is 6.03 Å². The largest absolute Gasteiger partial charge is 0.385 e. The molecule has 0 radical (unpaired) electrons. The number of aliphatic hydroxyl groups is 1. The first-order valence-electron chi connectivity index (χ1n) is 4.60. The van der Waals surface area contributed by atoms with Crippen LogP contribution in [0.4, 0.5) is 4.79 Å². The van der Waals surface area contributed by atoms with E-state index in [4.69, 9.17) is 9.93 Å². The second-order valence-corrected chi connectivity index (χ2v) is 6.18. The Bertz CT molecular complexity index is 420. The second kappa shape index (κ2) is 6.10. The Balaban J connectivity index is 0.000000557. The third-order valence-corrected chi connectivity index (χ3v) is 4.25. The van der Waals surface area contributed by atoms with Crippen molar-refractivity contribution in [3.05, 3.63) is 16.5 Å². The van der Waals surface area contributed by atoms with E-state index in [9.17, 15) is 9.32 Å². The molecule has 1 aromatic rings. The van der Waals surface area contributed by atoms with E-state index >= 15 is 0 Å². The Morgan fingerprint density at radius 1 is 1.47 bits per heavy atom. The lowest BCUT2D eigenvalue weighted by Crippen LogP contribution is -2.18. The highest BCUT2D eigenvalue weighted by Gasteiger charge is 2.22. The van der Waals surface area contributed by atoms with Gasteiger partial charge in [-0.1, -0.05) is 0 Å². The molecular formula is C9H17N3O3S2. The molecule has 0 fully saturated rings. The van der Waals surface area contributed by atoms with Gasteiger partial charge in [0.2, 0.25) is 0 Å². The van der Waals surface area contributed by atoms with Gasteiger partial charge in [-0.15, -0.1) is 11.3 Å². The van der Waals surface area contributed by atoms with Gasteiger partial charge in [0.05, 0.1) is 5.60 Å². The summed E-state index contributed by atoms with van der Waals surface area (Å²) in [5, 5.41) is 15.0. The van der Waals surface area contributed by atoms with E-state index in [1.54, 1.807) is 19.9 Å². The number of rotatable bonds is 2. The average molecular weight is 279 g/mol. The highest BCUT2D eigenvalue weighted by molar-refractivity contribution is 7.85. The van der Waals surface area contributed by atoms with Crippen molar-refractivity contribution in [1.29, 1.82) is 0 Å². The Morgan fingerprint density at radius 3 is 2.06 bits per heavy atom. The van der Waals surface area contributed by atoms with E-state index in [1.165, 1.54) is 11.3 Å². The molecule has 1 aromatic heterocycles. The number of primary amides is 2. The van der Waals surface area contributed by atoms with E-state index in [2.05, 4.69) is 11.5 Å². The molecule has 7 N–H and O–H groups in total. The van der Waals surface area contributed by atoms with Crippen LogP contribution in [0.1, 0.15) is 24.3 Å². The fourth-order valence-corrected chi connectivity index (χ4v) is 2.94. The summed E-state index contributed by atoms with van der Waals surface area (Å²) in [4.78, 5) is 9.82. The van der Waals surface area contributed by atoms with Crippen LogP contribution >= 0.6 is 11.3 Å². The molecule has 1 unspecified atom stereocenters. The van der Waals surface area contributed by atoms with E-state index in [1.807, 2.05) is 6.92 Å². The van der Waals surface area contributed by atoms with Crippen molar-refractivity contribution in [1.82, 2.24) is 0 Å². The quantitative estimate of drug-likeness (QED) is 0.620. The molecule has 0 aliphatic rings. The molecule has 0 aliphatic heterocycles. The normalized spacial score (nSPS) is 12.5. The average Bonchev–Trinajstić information content (AvgIpc) is 2.44. The molecule has 0 aromatic carbocycles. The topological polar surface area (TPSA) is 132 Å². The smallest absolute Gasteiger partial charge is 0.309 e. The lowest BCUT2D eigenvalue weighted by molar-refractivity contribution is 0.0819. The molecule has 98 valence electrons. The molecule has 1 rings (SSSR count). The maximum absolute atomic E-state index is 11.0. The number of hydrogen-bond acceptors (Lipinski definition) is 4. The molecular weight excluding hydrogens is 262 g/mol. The van der Waals surface area contributed by atoms with E-state index < -0.39 is 22.6 Å². The lowest BCUT2D eigenvalue weighted by atomic mass is 10.1. The van der Waals surface area contributed by atoms with Gasteiger partial charge in [-0.25, -0.2) is 14.1 Å². The second-order valence-electron chi connectivity index (χ2n) is 3.84. The number of amides is 2. The summed E-state index contributed by atoms with van der Waals surface area (Å²) in [6.45, 7) is 5.28. The van der Waals surface area contributed by atoms with Crippen molar-refractivity contribution in [3.63, 3.8) is 0 Å². The summed E-state index contributed by atoms with van der Waals surface area (Å²) in [7, 11) is -1.45. The Kier molecular flexibility index (Phi) is 5.76. The highest BCUT2D eigenvalue weighted by atomic mass is 32.2. The van der Waals surface area contributed by atoms with Crippen LogP contribution in [0, 0.1) is 6.92 Å². The Labute approximate surface area is 106 Å². The van der Waals surface area contributed by atoms with Gasteiger partial charge in [0.15, 0.2) is 0 Å². The predicted molar refractivity (Wildman–Crippen MR) is 68.7 cm³/mol. The molecule has 17 heavy (non-hydrogen) atoms. The van der Waals surface area contributed by atoms with E-state index in [-0.39, 0.29) is 0 Å². The maximum atomic E-state index is 11.0. The van der Waals surface area contributed by atoms with Crippen molar-refractivity contribution >= 4 is 28.4 Å². The predicted octanol–water partition coefficient (Wildman–Crippen LogP) is 0.289. The summed E-state index contributed by atoms with van der Waals surface area (Å²) in [5.41, 5.74) is 8.55. The molecule has 8 heteroatoms. The Hall–Kier alpha value is -0.960. The zero-order valence-electron chi connectivity index (χ0n) is 9.89. The molecule has 0 bridgehead atoms. The van der Waals surface area contributed by atoms with Crippen LogP contribution in [0.3, 0.4) is 0 Å². The van der Waals surface area contributed by atoms with E-state index in [0.29, 0.717) is 4.21 Å². The van der Waals surface area contributed by atoms with Crippen LogP contribution in [0.25, 0.3) is 0 Å². The number of hydrogen-bond donors (Lipinski definition) is 4. The summed E-state index contributed by atoms with van der Waals surface area (Å²) in [5.74, 6) is 0. The standard InChI is InChI=1S/C8H13NO2S2.CH4N2O/c1-5-4-6(13(9)11)12-7(5)8(2,3)10;2-1(3)4/h4,10H,9H2,1-3H3;(H4,2,3,4). The number of carbonyl (C=O) groups excluding carboxylic acids is 1. The monoisotopic (exact) mass is 279 g/mol. The number of aryl methyl sites for hydroxylation is 1. The molecule has 2 amide bonds. The van der Waals surface area contributed by atoms with Gasteiger partial charge in [0.25, 0.3) is 0 Å².